The fourth-order valence-electron chi connectivity index (χ4n) is 4.18. The third-order valence-electron chi connectivity index (χ3n) is 5.98. The van der Waals surface area contributed by atoms with Gasteiger partial charge in [-0.2, -0.15) is 14.8 Å². The Hall–Kier alpha value is -4.26. The lowest BCUT2D eigenvalue weighted by Gasteiger charge is -2.11. The highest BCUT2D eigenvalue weighted by Gasteiger charge is 2.23. The molecule has 0 aliphatic heterocycles. The lowest BCUT2D eigenvalue weighted by atomic mass is 10.1. The Morgan fingerprint density at radius 2 is 2.00 bits per heavy atom. The normalized spacial score (nSPS) is 18.0. The first kappa shape index (κ1) is 20.4. The van der Waals surface area contributed by atoms with Gasteiger partial charge in [-0.1, -0.05) is 17.3 Å². The first-order valence-electron chi connectivity index (χ1n) is 11.1. The molecule has 13 heteroatoms. The minimum Gasteiger partial charge on any atom is -0.393 e. The molecule has 1 aliphatic rings. The van der Waals surface area contributed by atoms with Crippen LogP contribution >= 0.6 is 0 Å². The number of aromatic amines is 1. The monoisotopic (exact) mass is 458 g/mol. The molecule has 0 bridgehead atoms. The predicted molar refractivity (Wildman–Crippen MR) is 121 cm³/mol. The summed E-state index contributed by atoms with van der Waals surface area (Å²) in [5, 5.41) is 39.8. The molecule has 4 aromatic heterocycles. The molecule has 4 heterocycles. The van der Waals surface area contributed by atoms with Crippen molar-refractivity contribution in [3.8, 4) is 16.8 Å². The van der Waals surface area contributed by atoms with Crippen molar-refractivity contribution in [3.63, 3.8) is 0 Å². The van der Waals surface area contributed by atoms with Crippen molar-refractivity contribution >= 4 is 17.1 Å². The van der Waals surface area contributed by atoms with Crippen LogP contribution in [0.1, 0.15) is 25.1 Å². The van der Waals surface area contributed by atoms with E-state index in [0.29, 0.717) is 36.5 Å². The Morgan fingerprint density at radius 1 is 1.09 bits per heavy atom. The average Bonchev–Trinajstić information content (AvgIpc) is 3.65. The summed E-state index contributed by atoms with van der Waals surface area (Å²) in [7, 11) is 0. The van der Waals surface area contributed by atoms with Crippen LogP contribution in [0, 0.1) is 0 Å². The molecule has 0 amide bonds. The number of aliphatic hydroxyl groups is 1. The highest BCUT2D eigenvalue weighted by atomic mass is 16.3. The quantitative estimate of drug-likeness (QED) is 0.323. The van der Waals surface area contributed by atoms with Crippen molar-refractivity contribution in [2.24, 2.45) is 0 Å². The number of tetrazole rings is 1. The number of nitrogens with one attached hydrogen (secondary N) is 2. The maximum absolute atomic E-state index is 9.76. The van der Waals surface area contributed by atoms with Crippen molar-refractivity contribution in [2.75, 3.05) is 5.32 Å². The zero-order valence-electron chi connectivity index (χ0n) is 18.2. The maximum Gasteiger partial charge on any atom is 0.225 e. The van der Waals surface area contributed by atoms with Crippen molar-refractivity contribution in [2.45, 2.75) is 44.4 Å². The molecule has 0 radical (unpaired) electrons. The van der Waals surface area contributed by atoms with E-state index >= 15 is 0 Å². The summed E-state index contributed by atoms with van der Waals surface area (Å²) in [6.07, 6.45) is 8.31. The number of H-pyrrole nitrogens is 1. The Labute approximate surface area is 193 Å². The Kier molecular flexibility index (Phi) is 5.14. The summed E-state index contributed by atoms with van der Waals surface area (Å²) >= 11 is 0. The molecular formula is C21H22N12O. The van der Waals surface area contributed by atoms with Crippen molar-refractivity contribution in [1.29, 1.82) is 0 Å². The zero-order chi connectivity index (χ0) is 22.9. The number of benzene rings is 1. The van der Waals surface area contributed by atoms with Crippen LogP contribution < -0.4 is 5.32 Å². The van der Waals surface area contributed by atoms with Gasteiger partial charge in [0.2, 0.25) is 5.95 Å². The molecule has 1 fully saturated rings. The van der Waals surface area contributed by atoms with Crippen LogP contribution in [0.3, 0.4) is 0 Å². The number of aromatic nitrogens is 11. The number of anilines is 1. The molecule has 1 aromatic carbocycles. The van der Waals surface area contributed by atoms with Gasteiger partial charge in [0.25, 0.3) is 0 Å². The minimum absolute atomic E-state index is 0.171. The zero-order valence-corrected chi connectivity index (χ0v) is 18.2. The first-order valence-corrected chi connectivity index (χ1v) is 11.1. The van der Waals surface area contributed by atoms with E-state index in [9.17, 15) is 5.11 Å². The topological polar surface area (TPSA) is 161 Å². The lowest BCUT2D eigenvalue weighted by molar-refractivity contribution is 0.182. The highest BCUT2D eigenvalue weighted by molar-refractivity contribution is 5.72. The van der Waals surface area contributed by atoms with Crippen LogP contribution in [0.2, 0.25) is 0 Å². The summed E-state index contributed by atoms with van der Waals surface area (Å²) < 4.78 is 3.57. The predicted octanol–water partition coefficient (Wildman–Crippen LogP) is 1.16. The number of aryl methyl sites for hydroxylation is 2. The molecule has 34 heavy (non-hydrogen) atoms. The average molecular weight is 458 g/mol. The van der Waals surface area contributed by atoms with E-state index < -0.39 is 0 Å². The van der Waals surface area contributed by atoms with Gasteiger partial charge in [-0.3, -0.25) is 4.68 Å². The first-order chi connectivity index (χ1) is 16.7. The second kappa shape index (κ2) is 8.59. The number of hydrogen-bond acceptors (Lipinski definition) is 10. The van der Waals surface area contributed by atoms with Gasteiger partial charge in [0, 0.05) is 30.8 Å². The molecule has 1 saturated carbocycles. The van der Waals surface area contributed by atoms with Crippen LogP contribution in [-0.4, -0.2) is 72.6 Å². The fraction of sp³-hybridized carbons (Fsp3) is 0.333. The van der Waals surface area contributed by atoms with E-state index in [1.807, 2.05) is 41.3 Å². The van der Waals surface area contributed by atoms with Crippen molar-refractivity contribution in [1.82, 2.24) is 55.4 Å². The maximum atomic E-state index is 9.76. The van der Waals surface area contributed by atoms with Gasteiger partial charge in [0.05, 0.1) is 24.2 Å². The summed E-state index contributed by atoms with van der Waals surface area (Å²) in [6.45, 7) is 0.676. The van der Waals surface area contributed by atoms with E-state index in [2.05, 4.69) is 51.3 Å². The van der Waals surface area contributed by atoms with Crippen molar-refractivity contribution < 1.29 is 5.11 Å². The highest BCUT2D eigenvalue weighted by Crippen LogP contribution is 2.24. The number of rotatable bonds is 7. The molecule has 0 spiro atoms. The molecule has 172 valence electrons. The Bertz CT molecular complexity index is 1390. The number of hydrogen-bond donors (Lipinski definition) is 3. The van der Waals surface area contributed by atoms with Crippen LogP contribution in [0.4, 0.5) is 5.95 Å². The SMILES string of the molecule is OC1CCC(Nc2ncc3nnn(-c4ccc(-c5cnn(CCc6nnn[nH]6)c5)cc4)c3n2)C1. The molecule has 6 rings (SSSR count). The van der Waals surface area contributed by atoms with Gasteiger partial charge in [0.15, 0.2) is 11.2 Å². The molecular weight excluding hydrogens is 436 g/mol. The van der Waals surface area contributed by atoms with Gasteiger partial charge >= 0.3 is 0 Å². The number of nitrogens with zero attached hydrogens (tertiary/aromatic N) is 10. The van der Waals surface area contributed by atoms with E-state index in [1.54, 1.807) is 10.9 Å². The molecule has 5 aromatic rings. The summed E-state index contributed by atoms with van der Waals surface area (Å²) in [5.74, 6) is 1.24. The Balaban J connectivity index is 1.19. The summed E-state index contributed by atoms with van der Waals surface area (Å²) in [4.78, 5) is 8.98. The van der Waals surface area contributed by atoms with Gasteiger partial charge in [0.1, 0.15) is 5.82 Å². The van der Waals surface area contributed by atoms with Gasteiger partial charge < -0.3 is 10.4 Å². The van der Waals surface area contributed by atoms with E-state index in [4.69, 9.17) is 0 Å². The molecule has 2 atom stereocenters. The smallest absolute Gasteiger partial charge is 0.225 e. The summed E-state index contributed by atoms with van der Waals surface area (Å²) in [5.41, 5.74) is 4.14. The summed E-state index contributed by atoms with van der Waals surface area (Å²) in [6, 6.07) is 8.16. The van der Waals surface area contributed by atoms with Crippen molar-refractivity contribution in [3.05, 3.63) is 48.7 Å². The minimum atomic E-state index is -0.260. The number of aliphatic hydroxyl groups excluding tert-OH is 1. The molecule has 2 unspecified atom stereocenters. The van der Waals surface area contributed by atoms with Crippen LogP contribution in [0.5, 0.6) is 0 Å². The lowest BCUT2D eigenvalue weighted by Crippen LogP contribution is -2.18. The van der Waals surface area contributed by atoms with E-state index in [-0.39, 0.29) is 12.1 Å². The molecule has 13 nitrogen and oxygen atoms in total. The molecule has 1 aliphatic carbocycles. The third-order valence-corrected chi connectivity index (χ3v) is 5.98. The van der Waals surface area contributed by atoms with Gasteiger partial charge in [-0.05, 0) is 47.4 Å². The second-order valence-corrected chi connectivity index (χ2v) is 8.35. The molecule has 3 N–H and O–H groups in total. The number of fused-ring (bicyclic) bond motifs is 1. The Morgan fingerprint density at radius 3 is 2.79 bits per heavy atom. The van der Waals surface area contributed by atoms with Gasteiger partial charge in [-0.15, -0.1) is 10.2 Å². The van der Waals surface area contributed by atoms with Gasteiger partial charge in [-0.25, -0.2) is 10.1 Å². The molecule has 0 saturated heterocycles. The fourth-order valence-corrected chi connectivity index (χ4v) is 4.18. The van der Waals surface area contributed by atoms with Crippen LogP contribution in [0.15, 0.2) is 42.9 Å². The second-order valence-electron chi connectivity index (χ2n) is 8.35. The van der Waals surface area contributed by atoms with Crippen LogP contribution in [0.25, 0.3) is 28.0 Å². The van der Waals surface area contributed by atoms with E-state index in [1.165, 1.54) is 0 Å². The third kappa shape index (κ3) is 4.08. The van der Waals surface area contributed by atoms with E-state index in [0.717, 1.165) is 35.5 Å². The largest absolute Gasteiger partial charge is 0.393 e. The van der Waals surface area contributed by atoms with Crippen LogP contribution in [-0.2, 0) is 13.0 Å². The standard InChI is InChI=1S/C21H22N12O/c34-17-6-3-15(9-17)24-21-22-11-18-20(25-21)33(31-26-18)16-4-1-13(2-5-16)14-10-23-32(12-14)8-7-19-27-29-30-28-19/h1-2,4-5,10-12,15,17,34H,3,6-9H2,(H,22,24,25)(H,27,28,29,30).